The number of carbonyl (C=O) groups is 3. The lowest BCUT2D eigenvalue weighted by molar-refractivity contribution is -0.126. The van der Waals surface area contributed by atoms with Crippen LogP contribution in [0.2, 0.25) is 0 Å². The third-order valence-corrected chi connectivity index (χ3v) is 4.10. The molecule has 0 bridgehead atoms. The molecule has 1 atom stereocenters. The molecule has 2 N–H and O–H groups in total. The Balaban J connectivity index is 1.75. The van der Waals surface area contributed by atoms with E-state index in [1.807, 2.05) is 0 Å². The quantitative estimate of drug-likeness (QED) is 0.760. The molecule has 3 amide bonds. The number of rotatable bonds is 5. The molecule has 0 unspecified atom stereocenters. The monoisotopic (exact) mass is 376 g/mol. The second-order valence-corrected chi connectivity index (χ2v) is 7.55. The summed E-state index contributed by atoms with van der Waals surface area (Å²) in [6, 6.07) is 3.35. The largest absolute Gasteiger partial charge is 0.444 e. The Kier molecular flexibility index (Phi) is 7.15. The lowest BCUT2D eigenvalue weighted by atomic mass is 9.96. The second kappa shape index (κ2) is 9.34. The normalized spacial score (nSPS) is 17.1. The van der Waals surface area contributed by atoms with Crippen LogP contribution in [0.15, 0.2) is 24.5 Å². The summed E-state index contributed by atoms with van der Waals surface area (Å²) in [6.45, 7) is 7.00. The van der Waals surface area contributed by atoms with E-state index in [0.29, 0.717) is 25.2 Å². The van der Waals surface area contributed by atoms with Gasteiger partial charge in [-0.3, -0.25) is 14.6 Å². The van der Waals surface area contributed by atoms with E-state index < -0.39 is 11.7 Å². The van der Waals surface area contributed by atoms with Crippen LogP contribution in [0.25, 0.3) is 0 Å². The summed E-state index contributed by atoms with van der Waals surface area (Å²) < 4.78 is 5.13. The number of alkyl carbamates (subject to hydrolysis) is 1. The molecule has 0 saturated carbocycles. The Morgan fingerprint density at radius 2 is 1.85 bits per heavy atom. The van der Waals surface area contributed by atoms with Gasteiger partial charge in [-0.1, -0.05) is 0 Å². The van der Waals surface area contributed by atoms with Crippen molar-refractivity contribution in [1.29, 1.82) is 0 Å². The highest BCUT2D eigenvalue weighted by Crippen LogP contribution is 2.18. The molecular formula is C19H28N4O4. The standard InChI is InChI=1S/C19H28N4O4/c1-19(2,3)27-18(26)22-11-10-21-16(24)15-5-4-12-23(13-15)17(25)14-6-8-20-9-7-14/h6-9,15H,4-5,10-13H2,1-3H3,(H,21,24)(H,22,26)/t15-/m0/s1. The van der Waals surface area contributed by atoms with Gasteiger partial charge in [0.1, 0.15) is 5.60 Å². The number of piperidine rings is 1. The van der Waals surface area contributed by atoms with Crippen molar-refractivity contribution in [2.45, 2.75) is 39.2 Å². The first kappa shape index (κ1) is 20.7. The molecule has 1 aromatic heterocycles. The lowest BCUT2D eigenvalue weighted by Gasteiger charge is -2.32. The number of nitrogens with zero attached hydrogens (tertiary/aromatic N) is 2. The van der Waals surface area contributed by atoms with E-state index in [4.69, 9.17) is 4.74 Å². The average molecular weight is 376 g/mol. The van der Waals surface area contributed by atoms with Crippen molar-refractivity contribution < 1.29 is 19.1 Å². The average Bonchev–Trinajstić information content (AvgIpc) is 2.64. The SMILES string of the molecule is CC(C)(C)OC(=O)NCCNC(=O)[C@H]1CCCN(C(=O)c2ccncc2)C1. The number of hydrogen-bond acceptors (Lipinski definition) is 5. The topological polar surface area (TPSA) is 101 Å². The molecule has 1 aromatic rings. The molecule has 8 nitrogen and oxygen atoms in total. The maximum atomic E-state index is 12.5. The fourth-order valence-electron chi connectivity index (χ4n) is 2.86. The minimum atomic E-state index is -0.555. The number of nitrogens with one attached hydrogen (secondary N) is 2. The molecule has 0 spiro atoms. The molecule has 0 radical (unpaired) electrons. The summed E-state index contributed by atoms with van der Waals surface area (Å²) in [5, 5.41) is 5.41. The number of aromatic nitrogens is 1. The van der Waals surface area contributed by atoms with Crippen LogP contribution in [-0.2, 0) is 9.53 Å². The molecule has 1 saturated heterocycles. The molecule has 1 fully saturated rings. The van der Waals surface area contributed by atoms with Crippen LogP contribution in [-0.4, -0.2) is 59.6 Å². The summed E-state index contributed by atoms with van der Waals surface area (Å²) in [5.41, 5.74) is 0.0212. The van der Waals surface area contributed by atoms with Gasteiger partial charge in [0.2, 0.25) is 5.91 Å². The van der Waals surface area contributed by atoms with Crippen LogP contribution in [0, 0.1) is 5.92 Å². The Labute approximate surface area is 159 Å². The van der Waals surface area contributed by atoms with Gasteiger partial charge in [-0.05, 0) is 45.7 Å². The minimum Gasteiger partial charge on any atom is -0.444 e. The van der Waals surface area contributed by atoms with Gasteiger partial charge in [-0.2, -0.15) is 0 Å². The molecule has 148 valence electrons. The number of ether oxygens (including phenoxy) is 1. The van der Waals surface area contributed by atoms with Gasteiger partial charge >= 0.3 is 6.09 Å². The lowest BCUT2D eigenvalue weighted by Crippen LogP contribution is -2.46. The summed E-state index contributed by atoms with van der Waals surface area (Å²) in [4.78, 5) is 42.1. The highest BCUT2D eigenvalue weighted by Gasteiger charge is 2.28. The van der Waals surface area contributed by atoms with Gasteiger partial charge in [0.15, 0.2) is 0 Å². The van der Waals surface area contributed by atoms with Crippen molar-refractivity contribution in [2.75, 3.05) is 26.2 Å². The zero-order valence-electron chi connectivity index (χ0n) is 16.2. The zero-order valence-corrected chi connectivity index (χ0v) is 16.2. The Hall–Kier alpha value is -2.64. The smallest absolute Gasteiger partial charge is 0.407 e. The molecule has 27 heavy (non-hydrogen) atoms. The fourth-order valence-corrected chi connectivity index (χ4v) is 2.86. The molecule has 1 aliphatic rings. The van der Waals surface area contributed by atoms with E-state index in [1.165, 1.54) is 0 Å². The minimum absolute atomic E-state index is 0.0820. The summed E-state index contributed by atoms with van der Waals surface area (Å²) >= 11 is 0. The molecule has 2 rings (SSSR count). The third kappa shape index (κ3) is 6.88. The van der Waals surface area contributed by atoms with Crippen LogP contribution in [0.4, 0.5) is 4.79 Å². The third-order valence-electron chi connectivity index (χ3n) is 4.10. The molecule has 0 aliphatic carbocycles. The van der Waals surface area contributed by atoms with Gasteiger partial charge in [0, 0.05) is 44.1 Å². The number of pyridine rings is 1. The summed E-state index contributed by atoms with van der Waals surface area (Å²) in [5.74, 6) is -0.430. The molecule has 8 heteroatoms. The Morgan fingerprint density at radius 3 is 2.52 bits per heavy atom. The highest BCUT2D eigenvalue weighted by molar-refractivity contribution is 5.94. The van der Waals surface area contributed by atoms with Crippen molar-refractivity contribution in [1.82, 2.24) is 20.5 Å². The number of hydrogen-bond donors (Lipinski definition) is 2. The summed E-state index contributed by atoms with van der Waals surface area (Å²) in [6.07, 6.45) is 4.18. The van der Waals surface area contributed by atoms with Crippen molar-refractivity contribution >= 4 is 17.9 Å². The van der Waals surface area contributed by atoms with Crippen LogP contribution in [0.3, 0.4) is 0 Å². The van der Waals surface area contributed by atoms with Crippen molar-refractivity contribution in [2.24, 2.45) is 5.92 Å². The maximum Gasteiger partial charge on any atom is 0.407 e. The summed E-state index contributed by atoms with van der Waals surface area (Å²) in [7, 11) is 0. The van der Waals surface area contributed by atoms with E-state index in [9.17, 15) is 14.4 Å². The zero-order chi connectivity index (χ0) is 19.9. The number of likely N-dealkylation sites (tertiary alicyclic amines) is 1. The van der Waals surface area contributed by atoms with Crippen molar-refractivity contribution in [3.05, 3.63) is 30.1 Å². The van der Waals surface area contributed by atoms with Gasteiger partial charge in [-0.25, -0.2) is 4.79 Å². The first-order chi connectivity index (χ1) is 12.8. The number of carbonyl (C=O) groups excluding carboxylic acids is 3. The van der Waals surface area contributed by atoms with Crippen LogP contribution in [0.1, 0.15) is 44.0 Å². The van der Waals surface area contributed by atoms with Crippen molar-refractivity contribution in [3.8, 4) is 0 Å². The second-order valence-electron chi connectivity index (χ2n) is 7.55. The van der Waals surface area contributed by atoms with Gasteiger partial charge < -0.3 is 20.3 Å². The number of amides is 3. The van der Waals surface area contributed by atoms with Gasteiger partial charge in [-0.15, -0.1) is 0 Å². The molecule has 2 heterocycles. The highest BCUT2D eigenvalue weighted by atomic mass is 16.6. The van der Waals surface area contributed by atoms with Crippen molar-refractivity contribution in [3.63, 3.8) is 0 Å². The maximum absolute atomic E-state index is 12.5. The molecule has 1 aliphatic heterocycles. The Morgan fingerprint density at radius 1 is 1.19 bits per heavy atom. The van der Waals surface area contributed by atoms with Crippen LogP contribution in [0.5, 0.6) is 0 Å². The van der Waals surface area contributed by atoms with Crippen LogP contribution >= 0.6 is 0 Å². The Bertz CT molecular complexity index is 657. The van der Waals surface area contributed by atoms with E-state index >= 15 is 0 Å². The first-order valence-corrected chi connectivity index (χ1v) is 9.20. The fraction of sp³-hybridized carbons (Fsp3) is 0.579. The van der Waals surface area contributed by atoms with E-state index in [-0.39, 0.29) is 24.3 Å². The molecule has 0 aromatic carbocycles. The first-order valence-electron chi connectivity index (χ1n) is 9.20. The van der Waals surface area contributed by atoms with E-state index in [0.717, 1.165) is 12.8 Å². The van der Waals surface area contributed by atoms with E-state index in [1.54, 1.807) is 50.2 Å². The van der Waals surface area contributed by atoms with E-state index in [2.05, 4.69) is 15.6 Å². The van der Waals surface area contributed by atoms with Gasteiger partial charge in [0.05, 0.1) is 5.92 Å². The van der Waals surface area contributed by atoms with Gasteiger partial charge in [0.25, 0.3) is 5.91 Å². The predicted molar refractivity (Wildman–Crippen MR) is 100 cm³/mol. The predicted octanol–water partition coefficient (Wildman–Crippen LogP) is 1.57. The van der Waals surface area contributed by atoms with Crippen LogP contribution < -0.4 is 10.6 Å². The molecular weight excluding hydrogens is 348 g/mol.